The Bertz CT molecular complexity index is 3520. The molecule has 0 atom stereocenters. The Morgan fingerprint density at radius 1 is 0.328 bits per heavy atom. The summed E-state index contributed by atoms with van der Waals surface area (Å²) in [6, 6.07) is 71.5. The molecule has 3 nitrogen and oxygen atoms in total. The second kappa shape index (κ2) is 13.1. The standard InChI is InChI=1S/C54H33NO2S/c1-5-20-50-43(12-1)46-17-8-15-41(53(46)57-50)35-24-29-39(30-25-35)55(38-27-22-34(23-28-38)36-26-31-51-48(33-36)44-13-2-4-19-49(44)56-51)40-11-7-10-37(32-40)42-16-9-18-47-45-14-3-6-21-52(45)58-54(42)47/h1-33H. The highest BCUT2D eigenvalue weighted by atomic mass is 32.1. The third-order valence-corrected chi connectivity index (χ3v) is 12.7. The largest absolute Gasteiger partial charge is 0.456 e. The highest BCUT2D eigenvalue weighted by Crippen LogP contribution is 2.44. The molecule has 4 heteroatoms. The molecule has 0 unspecified atom stereocenters. The van der Waals surface area contributed by atoms with Gasteiger partial charge in [0.25, 0.3) is 0 Å². The van der Waals surface area contributed by atoms with Crippen molar-refractivity contribution in [3.05, 3.63) is 200 Å². The van der Waals surface area contributed by atoms with Crippen LogP contribution in [0.4, 0.5) is 17.1 Å². The van der Waals surface area contributed by atoms with E-state index in [1.165, 1.54) is 31.3 Å². The van der Waals surface area contributed by atoms with E-state index in [0.29, 0.717) is 0 Å². The summed E-state index contributed by atoms with van der Waals surface area (Å²) in [7, 11) is 0. The van der Waals surface area contributed by atoms with Gasteiger partial charge in [0.1, 0.15) is 22.3 Å². The van der Waals surface area contributed by atoms with Crippen LogP contribution in [-0.2, 0) is 0 Å². The Morgan fingerprint density at radius 3 is 1.71 bits per heavy atom. The van der Waals surface area contributed by atoms with E-state index >= 15 is 0 Å². The third kappa shape index (κ3) is 5.27. The summed E-state index contributed by atoms with van der Waals surface area (Å²) in [5.41, 5.74) is 13.8. The number of benzene rings is 9. The molecule has 12 rings (SSSR count). The Kier molecular flexibility index (Phi) is 7.40. The highest BCUT2D eigenvalue weighted by Gasteiger charge is 2.18. The molecule has 0 spiro atoms. The molecule has 0 N–H and O–H groups in total. The first-order valence-corrected chi connectivity index (χ1v) is 20.4. The monoisotopic (exact) mass is 759 g/mol. The second-order valence-electron chi connectivity index (χ2n) is 14.8. The Morgan fingerprint density at radius 2 is 0.914 bits per heavy atom. The molecule has 0 fully saturated rings. The lowest BCUT2D eigenvalue weighted by Crippen LogP contribution is -2.10. The molecule has 0 aliphatic rings. The number of fused-ring (bicyclic) bond motifs is 9. The van der Waals surface area contributed by atoms with Crippen molar-refractivity contribution < 1.29 is 8.83 Å². The maximum atomic E-state index is 6.43. The SMILES string of the molecule is c1cc(-c2cccc3c2sc2ccccc23)cc(N(c2ccc(-c3ccc4oc5ccccc5c4c3)cc2)c2ccc(-c3cccc4c3oc3ccccc34)cc2)c1. The lowest BCUT2D eigenvalue weighted by Gasteiger charge is -2.26. The minimum absolute atomic E-state index is 0.902. The summed E-state index contributed by atoms with van der Waals surface area (Å²) in [5, 5.41) is 7.13. The molecule has 0 saturated heterocycles. The van der Waals surface area contributed by atoms with Crippen molar-refractivity contribution in [2.24, 2.45) is 0 Å². The molecule has 9 aromatic carbocycles. The van der Waals surface area contributed by atoms with Crippen molar-refractivity contribution in [1.29, 1.82) is 0 Å². The van der Waals surface area contributed by atoms with Gasteiger partial charge in [0.15, 0.2) is 0 Å². The van der Waals surface area contributed by atoms with Crippen molar-refractivity contribution in [3.8, 4) is 33.4 Å². The molecule has 58 heavy (non-hydrogen) atoms. The number of rotatable bonds is 6. The van der Waals surface area contributed by atoms with Crippen LogP contribution >= 0.6 is 11.3 Å². The molecule has 12 aromatic rings. The maximum Gasteiger partial charge on any atom is 0.143 e. The molecule has 0 radical (unpaired) electrons. The average Bonchev–Trinajstić information content (AvgIpc) is 3.98. The van der Waals surface area contributed by atoms with Gasteiger partial charge in [-0.15, -0.1) is 11.3 Å². The van der Waals surface area contributed by atoms with Gasteiger partial charge in [0.2, 0.25) is 0 Å². The van der Waals surface area contributed by atoms with Crippen LogP contribution in [0.3, 0.4) is 0 Å². The number of thiophene rings is 1. The quantitative estimate of drug-likeness (QED) is 0.169. The van der Waals surface area contributed by atoms with Crippen molar-refractivity contribution >= 4 is 92.4 Å². The van der Waals surface area contributed by atoms with Gasteiger partial charge in [-0.2, -0.15) is 0 Å². The van der Waals surface area contributed by atoms with Gasteiger partial charge in [-0.25, -0.2) is 0 Å². The van der Waals surface area contributed by atoms with Crippen LogP contribution in [-0.4, -0.2) is 0 Å². The second-order valence-corrected chi connectivity index (χ2v) is 15.9. The summed E-state index contributed by atoms with van der Waals surface area (Å²) in [4.78, 5) is 2.36. The molecule has 0 bridgehead atoms. The minimum atomic E-state index is 0.902. The predicted molar refractivity (Wildman–Crippen MR) is 245 cm³/mol. The summed E-state index contributed by atoms with van der Waals surface area (Å²) in [5.74, 6) is 0. The fraction of sp³-hybridized carbons (Fsp3) is 0. The van der Waals surface area contributed by atoms with Crippen LogP contribution in [0.25, 0.3) is 97.4 Å². The zero-order valence-electron chi connectivity index (χ0n) is 31.2. The van der Waals surface area contributed by atoms with Crippen LogP contribution in [0.1, 0.15) is 0 Å². The lowest BCUT2D eigenvalue weighted by atomic mass is 10.00. The normalized spacial score (nSPS) is 11.8. The third-order valence-electron chi connectivity index (χ3n) is 11.5. The summed E-state index contributed by atoms with van der Waals surface area (Å²) >= 11 is 1.87. The first-order chi connectivity index (χ1) is 28.7. The first kappa shape index (κ1) is 32.8. The van der Waals surface area contributed by atoms with Gasteiger partial charge in [-0.1, -0.05) is 133 Å². The number of anilines is 3. The van der Waals surface area contributed by atoms with Crippen LogP contribution in [0.5, 0.6) is 0 Å². The average molecular weight is 760 g/mol. The van der Waals surface area contributed by atoms with Crippen molar-refractivity contribution in [3.63, 3.8) is 0 Å². The summed E-state index contributed by atoms with van der Waals surface area (Å²) in [6.45, 7) is 0. The smallest absolute Gasteiger partial charge is 0.143 e. The maximum absolute atomic E-state index is 6.43. The van der Waals surface area contributed by atoms with E-state index in [1.807, 2.05) is 35.6 Å². The summed E-state index contributed by atoms with van der Waals surface area (Å²) in [6.07, 6.45) is 0. The van der Waals surface area contributed by atoms with E-state index < -0.39 is 0 Å². The Labute approximate surface area is 338 Å². The van der Waals surface area contributed by atoms with Gasteiger partial charge < -0.3 is 13.7 Å². The molecular weight excluding hydrogens is 727 g/mol. The molecule has 0 aliphatic carbocycles. The first-order valence-electron chi connectivity index (χ1n) is 19.6. The van der Waals surface area contributed by atoms with Crippen molar-refractivity contribution in [2.75, 3.05) is 4.90 Å². The Balaban J connectivity index is 0.975. The van der Waals surface area contributed by atoms with E-state index in [9.17, 15) is 0 Å². The van der Waals surface area contributed by atoms with Gasteiger partial charge in [-0.3, -0.25) is 0 Å². The fourth-order valence-electron chi connectivity index (χ4n) is 8.71. The van der Waals surface area contributed by atoms with Crippen LogP contribution in [0.2, 0.25) is 0 Å². The molecule has 0 amide bonds. The predicted octanol–water partition coefficient (Wildman–Crippen LogP) is 16.3. The van der Waals surface area contributed by atoms with Crippen molar-refractivity contribution in [2.45, 2.75) is 0 Å². The molecule has 272 valence electrons. The van der Waals surface area contributed by atoms with E-state index in [0.717, 1.165) is 83.2 Å². The minimum Gasteiger partial charge on any atom is -0.456 e. The van der Waals surface area contributed by atoms with Gasteiger partial charge in [0, 0.05) is 64.3 Å². The van der Waals surface area contributed by atoms with Crippen LogP contribution < -0.4 is 4.90 Å². The van der Waals surface area contributed by atoms with Gasteiger partial charge in [-0.05, 0) is 94.5 Å². The molecular formula is C54H33NO2S. The molecule has 3 aromatic heterocycles. The lowest BCUT2D eigenvalue weighted by molar-refractivity contribution is 0.669. The topological polar surface area (TPSA) is 29.5 Å². The van der Waals surface area contributed by atoms with Crippen LogP contribution in [0, 0.1) is 0 Å². The van der Waals surface area contributed by atoms with E-state index in [1.54, 1.807) is 0 Å². The van der Waals surface area contributed by atoms with E-state index in [-0.39, 0.29) is 0 Å². The zero-order chi connectivity index (χ0) is 38.2. The highest BCUT2D eigenvalue weighted by molar-refractivity contribution is 7.26. The fourth-order valence-corrected chi connectivity index (χ4v) is 9.95. The molecule has 0 aliphatic heterocycles. The number of furan rings is 2. The molecule has 3 heterocycles. The number of nitrogens with zero attached hydrogens (tertiary/aromatic N) is 1. The van der Waals surface area contributed by atoms with E-state index in [2.05, 4.69) is 181 Å². The van der Waals surface area contributed by atoms with Gasteiger partial charge in [0.05, 0.1) is 0 Å². The Hall–Kier alpha value is -7.40. The molecule has 0 saturated carbocycles. The number of hydrogen-bond acceptors (Lipinski definition) is 4. The number of para-hydroxylation sites is 3. The van der Waals surface area contributed by atoms with Crippen LogP contribution in [0.15, 0.2) is 209 Å². The summed E-state index contributed by atoms with van der Waals surface area (Å²) < 4.78 is 15.2. The van der Waals surface area contributed by atoms with Gasteiger partial charge >= 0.3 is 0 Å². The van der Waals surface area contributed by atoms with E-state index in [4.69, 9.17) is 8.83 Å². The van der Waals surface area contributed by atoms with Crippen molar-refractivity contribution in [1.82, 2.24) is 0 Å². The number of hydrogen-bond donors (Lipinski definition) is 0. The zero-order valence-corrected chi connectivity index (χ0v) is 32.0.